The molecule has 0 aliphatic heterocycles. The lowest BCUT2D eigenvalue weighted by Crippen LogP contribution is -2.01. The number of anilines is 1. The molecule has 3 rings (SSSR count). The van der Waals surface area contributed by atoms with E-state index in [0.29, 0.717) is 6.54 Å². The van der Waals surface area contributed by atoms with E-state index in [9.17, 15) is 0 Å². The van der Waals surface area contributed by atoms with E-state index >= 15 is 0 Å². The molecule has 0 amide bonds. The molecule has 0 aliphatic rings. The van der Waals surface area contributed by atoms with Crippen molar-refractivity contribution in [2.24, 2.45) is 0 Å². The third-order valence-electron chi connectivity index (χ3n) is 2.96. The number of aryl methyl sites for hydroxylation is 1. The molecule has 0 radical (unpaired) electrons. The van der Waals surface area contributed by atoms with Crippen LogP contribution in [0.5, 0.6) is 0 Å². The average molecular weight is 239 g/mol. The molecule has 3 aromatic rings. The Hall–Kier alpha value is -2.36. The maximum atomic E-state index is 4.66. The number of nitrogens with zero attached hydrogens (tertiary/aromatic N) is 2. The summed E-state index contributed by atoms with van der Waals surface area (Å²) in [7, 11) is 0. The second-order valence-corrected chi connectivity index (χ2v) is 4.21. The molecule has 1 aromatic heterocycles. The zero-order valence-corrected chi connectivity index (χ0v) is 10.1. The monoisotopic (exact) mass is 239 g/mol. The normalized spacial score (nSPS) is 10.7. The second-order valence-electron chi connectivity index (χ2n) is 4.21. The Morgan fingerprint density at radius 1 is 1.06 bits per heavy atom. The first-order valence-corrected chi connectivity index (χ1v) is 5.83. The molecule has 2 aromatic carbocycles. The molecule has 4 nitrogen and oxygen atoms in total. The van der Waals surface area contributed by atoms with Crippen LogP contribution in [-0.2, 0) is 6.54 Å². The lowest BCUT2D eigenvalue weighted by atomic mass is 10.1. The van der Waals surface area contributed by atoms with E-state index in [-0.39, 0.29) is 0 Å². The van der Waals surface area contributed by atoms with Gasteiger partial charge in [-0.3, -0.25) is 0 Å². The van der Waals surface area contributed by atoms with Crippen molar-refractivity contribution in [1.82, 2.24) is 10.3 Å². The lowest BCUT2D eigenvalue weighted by molar-refractivity contribution is 0.301. The van der Waals surface area contributed by atoms with E-state index in [0.717, 1.165) is 17.1 Å². The summed E-state index contributed by atoms with van der Waals surface area (Å²) in [6.45, 7) is 2.50. The first-order chi connectivity index (χ1) is 8.83. The van der Waals surface area contributed by atoms with Crippen molar-refractivity contribution in [3.63, 3.8) is 0 Å². The van der Waals surface area contributed by atoms with Gasteiger partial charge in [-0.15, -0.1) is 0 Å². The van der Waals surface area contributed by atoms with Gasteiger partial charge in [-0.1, -0.05) is 40.6 Å². The Balaban J connectivity index is 1.81. The van der Waals surface area contributed by atoms with Crippen LogP contribution in [0.15, 0.2) is 47.1 Å². The van der Waals surface area contributed by atoms with Crippen molar-refractivity contribution in [1.29, 1.82) is 0 Å². The summed E-state index contributed by atoms with van der Waals surface area (Å²) >= 11 is 0. The zero-order chi connectivity index (χ0) is 12.4. The van der Waals surface area contributed by atoms with Crippen LogP contribution in [0.2, 0.25) is 0 Å². The number of fused-ring (bicyclic) bond motifs is 1. The Labute approximate surface area is 105 Å². The predicted molar refractivity (Wildman–Crippen MR) is 70.3 cm³/mol. The van der Waals surface area contributed by atoms with Gasteiger partial charge in [0.05, 0.1) is 6.54 Å². The van der Waals surface area contributed by atoms with Crippen LogP contribution >= 0.6 is 0 Å². The third kappa shape index (κ3) is 2.05. The average Bonchev–Trinajstić information content (AvgIpc) is 2.82. The van der Waals surface area contributed by atoms with Crippen molar-refractivity contribution in [2.75, 3.05) is 5.32 Å². The van der Waals surface area contributed by atoms with E-state index in [1.165, 1.54) is 10.8 Å². The van der Waals surface area contributed by atoms with Crippen molar-refractivity contribution in [3.05, 3.63) is 53.9 Å². The second kappa shape index (κ2) is 4.49. The summed E-state index contributed by atoms with van der Waals surface area (Å²) in [6.07, 6.45) is 0. The Morgan fingerprint density at radius 3 is 2.67 bits per heavy atom. The molecule has 0 atom stereocenters. The SMILES string of the molecule is Cc1nonc1CNc1ccc2ccccc2c1. The van der Waals surface area contributed by atoms with E-state index in [1.54, 1.807) is 0 Å². The fourth-order valence-electron chi connectivity index (χ4n) is 1.89. The van der Waals surface area contributed by atoms with Crippen LogP contribution in [0.3, 0.4) is 0 Å². The summed E-state index contributed by atoms with van der Waals surface area (Å²) in [4.78, 5) is 0. The summed E-state index contributed by atoms with van der Waals surface area (Å²) in [6, 6.07) is 14.6. The Kier molecular flexibility index (Phi) is 2.68. The quantitative estimate of drug-likeness (QED) is 0.762. The molecule has 4 heteroatoms. The van der Waals surface area contributed by atoms with Gasteiger partial charge in [0.15, 0.2) is 0 Å². The standard InChI is InChI=1S/C14H13N3O/c1-10-14(17-18-16-10)9-15-13-7-6-11-4-2-3-5-12(11)8-13/h2-8,15H,9H2,1H3. The molecule has 0 fully saturated rings. The molecule has 0 aliphatic carbocycles. The predicted octanol–water partition coefficient (Wildman–Crippen LogP) is 3.14. The van der Waals surface area contributed by atoms with Gasteiger partial charge in [0.25, 0.3) is 0 Å². The summed E-state index contributed by atoms with van der Waals surface area (Å²) in [5.41, 5.74) is 2.72. The number of nitrogens with one attached hydrogen (secondary N) is 1. The molecule has 0 saturated heterocycles. The van der Waals surface area contributed by atoms with Crippen LogP contribution in [0.4, 0.5) is 5.69 Å². The van der Waals surface area contributed by atoms with Gasteiger partial charge in [-0.2, -0.15) is 0 Å². The molecule has 18 heavy (non-hydrogen) atoms. The van der Waals surface area contributed by atoms with E-state index in [2.05, 4.69) is 50.6 Å². The van der Waals surface area contributed by atoms with E-state index in [1.807, 2.05) is 19.1 Å². The first-order valence-electron chi connectivity index (χ1n) is 5.83. The van der Waals surface area contributed by atoms with Crippen molar-refractivity contribution < 1.29 is 4.63 Å². The molecule has 90 valence electrons. The van der Waals surface area contributed by atoms with E-state index < -0.39 is 0 Å². The third-order valence-corrected chi connectivity index (χ3v) is 2.96. The Morgan fingerprint density at radius 2 is 1.89 bits per heavy atom. The maximum Gasteiger partial charge on any atom is 0.127 e. The van der Waals surface area contributed by atoms with Crippen LogP contribution in [0, 0.1) is 6.92 Å². The van der Waals surface area contributed by atoms with Crippen LogP contribution in [0.1, 0.15) is 11.4 Å². The minimum absolute atomic E-state index is 0.619. The summed E-state index contributed by atoms with van der Waals surface area (Å²) in [5.74, 6) is 0. The lowest BCUT2D eigenvalue weighted by Gasteiger charge is -2.05. The van der Waals surface area contributed by atoms with Crippen LogP contribution in [0.25, 0.3) is 10.8 Å². The van der Waals surface area contributed by atoms with Gasteiger partial charge in [-0.05, 0) is 29.8 Å². The fourth-order valence-corrected chi connectivity index (χ4v) is 1.89. The van der Waals surface area contributed by atoms with Gasteiger partial charge >= 0.3 is 0 Å². The minimum atomic E-state index is 0.619. The summed E-state index contributed by atoms with van der Waals surface area (Å²) < 4.78 is 4.66. The number of rotatable bonds is 3. The van der Waals surface area contributed by atoms with Crippen LogP contribution in [-0.4, -0.2) is 10.3 Å². The molecule has 0 spiro atoms. The minimum Gasteiger partial charge on any atom is -0.379 e. The van der Waals surface area contributed by atoms with Crippen LogP contribution < -0.4 is 5.32 Å². The van der Waals surface area contributed by atoms with Crippen molar-refractivity contribution in [3.8, 4) is 0 Å². The van der Waals surface area contributed by atoms with Gasteiger partial charge in [0.1, 0.15) is 11.4 Å². The number of hydrogen-bond acceptors (Lipinski definition) is 4. The van der Waals surface area contributed by atoms with Gasteiger partial charge < -0.3 is 5.32 Å². The molecule has 1 N–H and O–H groups in total. The van der Waals surface area contributed by atoms with Gasteiger partial charge in [0, 0.05) is 5.69 Å². The topological polar surface area (TPSA) is 51.0 Å². The highest BCUT2D eigenvalue weighted by molar-refractivity contribution is 5.85. The number of hydrogen-bond donors (Lipinski definition) is 1. The molecule has 1 heterocycles. The largest absolute Gasteiger partial charge is 0.379 e. The zero-order valence-electron chi connectivity index (χ0n) is 10.1. The highest BCUT2D eigenvalue weighted by Crippen LogP contribution is 2.19. The number of benzene rings is 2. The van der Waals surface area contributed by atoms with Gasteiger partial charge in [-0.25, -0.2) is 4.63 Å². The Bertz CT molecular complexity index is 675. The van der Waals surface area contributed by atoms with Crippen molar-refractivity contribution in [2.45, 2.75) is 13.5 Å². The summed E-state index contributed by atoms with van der Waals surface area (Å²) in [5, 5.41) is 13.4. The van der Waals surface area contributed by atoms with Crippen molar-refractivity contribution >= 4 is 16.5 Å². The van der Waals surface area contributed by atoms with Gasteiger partial charge in [0.2, 0.25) is 0 Å². The molecular formula is C14H13N3O. The highest BCUT2D eigenvalue weighted by Gasteiger charge is 2.04. The molecular weight excluding hydrogens is 226 g/mol. The number of aromatic nitrogens is 2. The first kappa shape index (κ1) is 10.8. The molecule has 0 saturated carbocycles. The smallest absolute Gasteiger partial charge is 0.127 e. The molecule has 0 bridgehead atoms. The fraction of sp³-hybridized carbons (Fsp3) is 0.143. The highest BCUT2D eigenvalue weighted by atomic mass is 16.6. The van der Waals surface area contributed by atoms with E-state index in [4.69, 9.17) is 0 Å². The maximum absolute atomic E-state index is 4.66. The molecule has 0 unspecified atom stereocenters.